The summed E-state index contributed by atoms with van der Waals surface area (Å²) in [7, 11) is 0. The molecule has 7 heteroatoms. The van der Waals surface area contributed by atoms with Gasteiger partial charge in [-0.2, -0.15) is 0 Å². The van der Waals surface area contributed by atoms with E-state index in [4.69, 9.17) is 4.42 Å². The molecule has 0 radical (unpaired) electrons. The summed E-state index contributed by atoms with van der Waals surface area (Å²) in [6.07, 6.45) is 1.68. The lowest BCUT2D eigenvalue weighted by atomic mass is 10.3. The molecule has 1 N–H and O–H groups in total. The lowest BCUT2D eigenvalue weighted by molar-refractivity contribution is -0.402. The van der Waals surface area contributed by atoms with Crippen LogP contribution in [0.15, 0.2) is 33.4 Å². The molecular formula is C11H10BrN3O3. The van der Waals surface area contributed by atoms with Gasteiger partial charge in [-0.1, -0.05) is 0 Å². The van der Waals surface area contributed by atoms with Gasteiger partial charge in [0, 0.05) is 0 Å². The van der Waals surface area contributed by atoms with E-state index in [1.54, 1.807) is 12.3 Å². The highest BCUT2D eigenvalue weighted by molar-refractivity contribution is 9.10. The highest BCUT2D eigenvalue weighted by Crippen LogP contribution is 2.19. The third kappa shape index (κ3) is 2.86. The molecule has 6 nitrogen and oxygen atoms in total. The van der Waals surface area contributed by atoms with Crippen molar-refractivity contribution in [3.63, 3.8) is 0 Å². The molecule has 0 unspecified atom stereocenters. The molecule has 0 aliphatic carbocycles. The van der Waals surface area contributed by atoms with E-state index in [1.165, 1.54) is 6.07 Å². The monoisotopic (exact) mass is 311 g/mol. The predicted octanol–water partition coefficient (Wildman–Crippen LogP) is 3.27. The van der Waals surface area contributed by atoms with Crippen LogP contribution in [-0.4, -0.2) is 9.91 Å². The zero-order chi connectivity index (χ0) is 13.1. The Balaban J connectivity index is 2.02. The van der Waals surface area contributed by atoms with Crippen molar-refractivity contribution in [1.82, 2.24) is 4.98 Å². The SMILES string of the molecule is Cc1cc(NCc2ccc([N+](=O)[O-])o2)cnc1Br. The van der Waals surface area contributed by atoms with Crippen molar-refractivity contribution in [1.29, 1.82) is 0 Å². The Labute approximate surface area is 111 Å². The molecule has 2 heterocycles. The third-order valence-corrected chi connectivity index (χ3v) is 3.14. The van der Waals surface area contributed by atoms with Crippen molar-refractivity contribution < 1.29 is 9.34 Å². The Bertz CT molecular complexity index is 583. The summed E-state index contributed by atoms with van der Waals surface area (Å²) < 4.78 is 5.82. The fourth-order valence-electron chi connectivity index (χ4n) is 1.40. The third-order valence-electron chi connectivity index (χ3n) is 2.31. The van der Waals surface area contributed by atoms with Crippen molar-refractivity contribution >= 4 is 27.5 Å². The van der Waals surface area contributed by atoms with E-state index < -0.39 is 4.92 Å². The van der Waals surface area contributed by atoms with E-state index in [1.807, 2.05) is 13.0 Å². The van der Waals surface area contributed by atoms with Crippen LogP contribution in [0.25, 0.3) is 0 Å². The van der Waals surface area contributed by atoms with Crippen LogP contribution in [0, 0.1) is 17.0 Å². The number of furan rings is 1. The molecule has 0 spiro atoms. The van der Waals surface area contributed by atoms with Crippen LogP contribution in [0.4, 0.5) is 11.6 Å². The summed E-state index contributed by atoms with van der Waals surface area (Å²) in [6.45, 7) is 2.30. The van der Waals surface area contributed by atoms with E-state index in [0.29, 0.717) is 12.3 Å². The van der Waals surface area contributed by atoms with Crippen LogP contribution in [0.3, 0.4) is 0 Å². The van der Waals surface area contributed by atoms with Crippen LogP contribution in [0.5, 0.6) is 0 Å². The fraction of sp³-hybridized carbons (Fsp3) is 0.182. The number of nitrogens with zero attached hydrogens (tertiary/aromatic N) is 2. The van der Waals surface area contributed by atoms with Crippen molar-refractivity contribution in [2.75, 3.05) is 5.32 Å². The highest BCUT2D eigenvalue weighted by atomic mass is 79.9. The minimum atomic E-state index is -0.561. The van der Waals surface area contributed by atoms with Crippen LogP contribution in [0.1, 0.15) is 11.3 Å². The Morgan fingerprint density at radius 1 is 1.56 bits per heavy atom. The topological polar surface area (TPSA) is 81.2 Å². The number of rotatable bonds is 4. The van der Waals surface area contributed by atoms with Crippen LogP contribution < -0.4 is 5.32 Å². The van der Waals surface area contributed by atoms with E-state index in [9.17, 15) is 10.1 Å². The normalized spacial score (nSPS) is 10.3. The lowest BCUT2D eigenvalue weighted by Crippen LogP contribution is -1.99. The zero-order valence-corrected chi connectivity index (χ0v) is 11.1. The Kier molecular flexibility index (Phi) is 3.61. The van der Waals surface area contributed by atoms with Gasteiger partial charge >= 0.3 is 5.88 Å². The molecule has 0 aliphatic rings. The van der Waals surface area contributed by atoms with Gasteiger partial charge in [-0.25, -0.2) is 4.98 Å². The second kappa shape index (κ2) is 5.18. The minimum Gasteiger partial charge on any atom is -0.404 e. The quantitative estimate of drug-likeness (QED) is 0.532. The molecule has 0 saturated heterocycles. The largest absolute Gasteiger partial charge is 0.433 e. The number of nitrogens with one attached hydrogen (secondary N) is 1. The molecule has 0 aromatic carbocycles. The fourth-order valence-corrected chi connectivity index (χ4v) is 1.62. The second-order valence-electron chi connectivity index (χ2n) is 3.68. The van der Waals surface area contributed by atoms with Gasteiger partial charge in [0.05, 0.1) is 24.5 Å². The number of anilines is 1. The lowest BCUT2D eigenvalue weighted by Gasteiger charge is -2.05. The molecule has 0 atom stereocenters. The predicted molar refractivity (Wildman–Crippen MR) is 69.4 cm³/mol. The van der Waals surface area contributed by atoms with Gasteiger partial charge in [0.15, 0.2) is 0 Å². The second-order valence-corrected chi connectivity index (χ2v) is 4.43. The average Bonchev–Trinajstić information content (AvgIpc) is 2.79. The summed E-state index contributed by atoms with van der Waals surface area (Å²) >= 11 is 3.31. The summed E-state index contributed by atoms with van der Waals surface area (Å²) in [5.41, 5.74) is 1.83. The highest BCUT2D eigenvalue weighted by Gasteiger charge is 2.11. The van der Waals surface area contributed by atoms with Crippen molar-refractivity contribution in [2.45, 2.75) is 13.5 Å². The van der Waals surface area contributed by atoms with Gasteiger partial charge in [0.1, 0.15) is 15.3 Å². The molecule has 94 valence electrons. The summed E-state index contributed by atoms with van der Waals surface area (Å²) in [6, 6.07) is 4.83. The number of hydrogen-bond donors (Lipinski definition) is 1. The van der Waals surface area contributed by atoms with E-state index >= 15 is 0 Å². The van der Waals surface area contributed by atoms with E-state index in [2.05, 4.69) is 26.2 Å². The van der Waals surface area contributed by atoms with Crippen LogP contribution in [-0.2, 0) is 6.54 Å². The summed E-state index contributed by atoms with van der Waals surface area (Å²) in [5.74, 6) is 0.249. The smallest absolute Gasteiger partial charge is 0.404 e. The molecule has 0 bridgehead atoms. The maximum atomic E-state index is 10.4. The molecule has 2 aromatic rings. The van der Waals surface area contributed by atoms with Crippen molar-refractivity contribution in [2.24, 2.45) is 0 Å². The first-order valence-electron chi connectivity index (χ1n) is 5.15. The number of pyridine rings is 1. The van der Waals surface area contributed by atoms with Gasteiger partial charge in [-0.3, -0.25) is 10.1 Å². The first-order chi connectivity index (χ1) is 8.56. The molecule has 2 aromatic heterocycles. The number of halogens is 1. The molecule has 0 amide bonds. The Hall–Kier alpha value is -1.89. The Morgan fingerprint density at radius 3 is 2.94 bits per heavy atom. The molecular weight excluding hydrogens is 302 g/mol. The van der Waals surface area contributed by atoms with Gasteiger partial charge in [0.25, 0.3) is 0 Å². The van der Waals surface area contributed by atoms with Gasteiger partial charge in [-0.05, 0) is 40.5 Å². The zero-order valence-electron chi connectivity index (χ0n) is 9.51. The molecule has 2 rings (SSSR count). The van der Waals surface area contributed by atoms with E-state index in [0.717, 1.165) is 15.9 Å². The molecule has 0 aliphatic heterocycles. The first-order valence-corrected chi connectivity index (χ1v) is 5.94. The standard InChI is InChI=1S/C11H10BrN3O3/c1-7-4-8(5-14-11(7)12)13-6-9-2-3-10(18-9)15(16)17/h2-5,13H,6H2,1H3. The van der Waals surface area contributed by atoms with Crippen molar-refractivity contribution in [3.8, 4) is 0 Å². The maximum Gasteiger partial charge on any atom is 0.433 e. The van der Waals surface area contributed by atoms with Crippen molar-refractivity contribution in [3.05, 3.63) is 50.4 Å². The van der Waals surface area contributed by atoms with Crippen LogP contribution in [0.2, 0.25) is 0 Å². The average molecular weight is 312 g/mol. The van der Waals surface area contributed by atoms with Gasteiger partial charge in [-0.15, -0.1) is 0 Å². The van der Waals surface area contributed by atoms with Crippen LogP contribution >= 0.6 is 15.9 Å². The number of nitro groups is 1. The summed E-state index contributed by atoms with van der Waals surface area (Å²) in [5, 5.41) is 13.5. The maximum absolute atomic E-state index is 10.4. The Morgan fingerprint density at radius 2 is 2.33 bits per heavy atom. The number of aryl methyl sites for hydroxylation is 1. The number of aromatic nitrogens is 1. The van der Waals surface area contributed by atoms with E-state index in [-0.39, 0.29) is 5.88 Å². The first kappa shape index (κ1) is 12.6. The molecule has 0 fully saturated rings. The van der Waals surface area contributed by atoms with Gasteiger partial charge < -0.3 is 9.73 Å². The number of hydrogen-bond acceptors (Lipinski definition) is 5. The van der Waals surface area contributed by atoms with Gasteiger partial charge in [0.2, 0.25) is 0 Å². The molecule has 0 saturated carbocycles. The minimum absolute atomic E-state index is 0.253. The molecule has 18 heavy (non-hydrogen) atoms. The summed E-state index contributed by atoms with van der Waals surface area (Å²) in [4.78, 5) is 14.0.